The molecule has 0 unspecified atom stereocenters. The van der Waals surface area contributed by atoms with Gasteiger partial charge >= 0.3 is 0 Å². The number of aromatic nitrogens is 2. The Hall–Kier alpha value is -1.72. The van der Waals surface area contributed by atoms with Crippen LogP contribution in [0.15, 0.2) is 17.5 Å². The minimum absolute atomic E-state index is 0.173. The molecule has 1 aromatic rings. The fraction of sp³-hybridized carbons (Fsp3) is 0.600. The fourth-order valence-corrected chi connectivity index (χ4v) is 1.81. The molecule has 2 rings (SSSR count). The Morgan fingerprint density at radius 1 is 1.75 bits per heavy atom. The van der Waals surface area contributed by atoms with Crippen LogP contribution in [-0.4, -0.2) is 27.4 Å². The first-order chi connectivity index (χ1) is 7.63. The van der Waals surface area contributed by atoms with Gasteiger partial charge in [0.25, 0.3) is 0 Å². The maximum atomic E-state index is 8.54. The molecular weight excluding hydrogens is 206 g/mol. The summed E-state index contributed by atoms with van der Waals surface area (Å²) in [5, 5.41) is 19.0. The Kier molecular flexibility index (Phi) is 2.72. The molecule has 0 saturated heterocycles. The van der Waals surface area contributed by atoms with Crippen LogP contribution in [0.1, 0.15) is 19.3 Å². The molecule has 1 aliphatic rings. The van der Waals surface area contributed by atoms with Crippen molar-refractivity contribution in [3.8, 4) is 0 Å². The van der Waals surface area contributed by atoms with E-state index in [1.54, 1.807) is 10.9 Å². The lowest BCUT2D eigenvalue weighted by atomic mass is 10.0. The highest BCUT2D eigenvalue weighted by molar-refractivity contribution is 5.80. The van der Waals surface area contributed by atoms with Crippen LogP contribution in [0.3, 0.4) is 0 Å². The van der Waals surface area contributed by atoms with Crippen molar-refractivity contribution in [1.82, 2.24) is 9.78 Å². The lowest BCUT2D eigenvalue weighted by molar-refractivity contribution is 0.315. The predicted molar refractivity (Wildman–Crippen MR) is 61.4 cm³/mol. The van der Waals surface area contributed by atoms with Gasteiger partial charge < -0.3 is 16.3 Å². The predicted octanol–water partition coefficient (Wildman–Crippen LogP) is 0.749. The number of hydrogen-bond acceptors (Lipinski definition) is 4. The standard InChI is InChI=1S/C10H17N5O/c1-15-6-8(5-13-15)12-7-10(2-3-10)4-9(11)14-16/h5-6,12,16H,2-4,7H2,1H3,(H2,11,14). The van der Waals surface area contributed by atoms with E-state index in [9.17, 15) is 0 Å². The van der Waals surface area contributed by atoms with Gasteiger partial charge in [-0.3, -0.25) is 4.68 Å². The van der Waals surface area contributed by atoms with E-state index in [2.05, 4.69) is 15.6 Å². The first kappa shape index (κ1) is 10.8. The Balaban J connectivity index is 1.86. The minimum atomic E-state index is 0.173. The van der Waals surface area contributed by atoms with Crippen molar-refractivity contribution in [2.75, 3.05) is 11.9 Å². The maximum absolute atomic E-state index is 8.54. The van der Waals surface area contributed by atoms with E-state index in [-0.39, 0.29) is 5.41 Å². The van der Waals surface area contributed by atoms with Gasteiger partial charge in [-0.2, -0.15) is 5.10 Å². The third kappa shape index (κ3) is 2.44. The molecule has 6 heteroatoms. The second-order valence-electron chi connectivity index (χ2n) is 4.52. The van der Waals surface area contributed by atoms with Gasteiger partial charge in [0.05, 0.1) is 11.9 Å². The highest BCUT2D eigenvalue weighted by Gasteiger charge is 2.43. The molecule has 0 atom stereocenters. The van der Waals surface area contributed by atoms with E-state index in [1.165, 1.54) is 0 Å². The van der Waals surface area contributed by atoms with Crippen molar-refractivity contribution in [2.45, 2.75) is 19.3 Å². The van der Waals surface area contributed by atoms with Gasteiger partial charge in [0.1, 0.15) is 5.84 Å². The molecule has 88 valence electrons. The summed E-state index contributed by atoms with van der Waals surface area (Å²) in [5.74, 6) is 0.311. The monoisotopic (exact) mass is 223 g/mol. The van der Waals surface area contributed by atoms with Crippen LogP contribution >= 0.6 is 0 Å². The number of nitrogens with zero attached hydrogens (tertiary/aromatic N) is 3. The molecule has 0 aliphatic heterocycles. The molecule has 0 amide bonds. The Labute approximate surface area is 94.1 Å². The zero-order chi connectivity index (χ0) is 11.6. The first-order valence-electron chi connectivity index (χ1n) is 5.32. The maximum Gasteiger partial charge on any atom is 0.139 e. The average molecular weight is 223 g/mol. The molecule has 0 bridgehead atoms. The molecule has 1 aliphatic carbocycles. The number of rotatable bonds is 5. The zero-order valence-corrected chi connectivity index (χ0v) is 9.35. The summed E-state index contributed by atoms with van der Waals surface area (Å²) < 4.78 is 1.76. The van der Waals surface area contributed by atoms with E-state index in [0.29, 0.717) is 12.3 Å². The van der Waals surface area contributed by atoms with E-state index < -0.39 is 0 Å². The van der Waals surface area contributed by atoms with Gasteiger partial charge in [-0.15, -0.1) is 0 Å². The topological polar surface area (TPSA) is 88.5 Å². The van der Waals surface area contributed by atoms with Gasteiger partial charge in [0.15, 0.2) is 0 Å². The lowest BCUT2D eigenvalue weighted by Crippen LogP contribution is -2.23. The van der Waals surface area contributed by atoms with E-state index in [0.717, 1.165) is 25.1 Å². The number of aryl methyl sites for hydroxylation is 1. The molecule has 1 aromatic heterocycles. The molecule has 1 fully saturated rings. The molecule has 0 spiro atoms. The highest BCUT2D eigenvalue weighted by atomic mass is 16.4. The Morgan fingerprint density at radius 3 is 3.00 bits per heavy atom. The summed E-state index contributed by atoms with van der Waals surface area (Å²) in [7, 11) is 1.88. The average Bonchev–Trinajstić information content (AvgIpc) is 2.90. The van der Waals surface area contributed by atoms with Crippen LogP contribution in [0.5, 0.6) is 0 Å². The van der Waals surface area contributed by atoms with Crippen LogP contribution in [-0.2, 0) is 7.05 Å². The molecule has 1 saturated carbocycles. The number of hydrogen-bond donors (Lipinski definition) is 3. The Bertz CT molecular complexity index is 394. The minimum Gasteiger partial charge on any atom is -0.409 e. The van der Waals surface area contributed by atoms with Crippen LogP contribution in [0.4, 0.5) is 5.69 Å². The fourth-order valence-electron chi connectivity index (χ4n) is 1.81. The first-order valence-corrected chi connectivity index (χ1v) is 5.32. The van der Waals surface area contributed by atoms with Crippen LogP contribution < -0.4 is 11.1 Å². The van der Waals surface area contributed by atoms with Crippen LogP contribution in [0.25, 0.3) is 0 Å². The van der Waals surface area contributed by atoms with Gasteiger partial charge in [0, 0.05) is 26.2 Å². The molecule has 0 aromatic carbocycles. The van der Waals surface area contributed by atoms with E-state index >= 15 is 0 Å². The summed E-state index contributed by atoms with van der Waals surface area (Å²) >= 11 is 0. The van der Waals surface area contributed by atoms with Crippen LogP contribution in [0.2, 0.25) is 0 Å². The zero-order valence-electron chi connectivity index (χ0n) is 9.35. The van der Waals surface area contributed by atoms with Gasteiger partial charge in [-0.05, 0) is 18.3 Å². The summed E-state index contributed by atoms with van der Waals surface area (Å²) in [6.45, 7) is 0.842. The van der Waals surface area contributed by atoms with Gasteiger partial charge in [-0.1, -0.05) is 5.16 Å². The van der Waals surface area contributed by atoms with Crippen LogP contribution in [0, 0.1) is 5.41 Å². The van der Waals surface area contributed by atoms with Gasteiger partial charge in [-0.25, -0.2) is 0 Å². The van der Waals surface area contributed by atoms with Crippen molar-refractivity contribution < 1.29 is 5.21 Å². The number of nitrogens with one attached hydrogen (secondary N) is 1. The third-order valence-corrected chi connectivity index (χ3v) is 3.01. The Morgan fingerprint density at radius 2 is 2.50 bits per heavy atom. The van der Waals surface area contributed by atoms with E-state index in [4.69, 9.17) is 10.9 Å². The SMILES string of the molecule is Cn1cc(NCC2(CC(N)=NO)CC2)cn1. The number of amidine groups is 1. The third-order valence-electron chi connectivity index (χ3n) is 3.01. The van der Waals surface area contributed by atoms with E-state index in [1.807, 2.05) is 13.2 Å². The summed E-state index contributed by atoms with van der Waals surface area (Å²) in [4.78, 5) is 0. The smallest absolute Gasteiger partial charge is 0.139 e. The largest absolute Gasteiger partial charge is 0.409 e. The number of anilines is 1. The molecular formula is C10H17N5O. The highest BCUT2D eigenvalue weighted by Crippen LogP contribution is 2.48. The summed E-state index contributed by atoms with van der Waals surface area (Å²) in [6.07, 6.45) is 6.61. The van der Waals surface area contributed by atoms with Crippen molar-refractivity contribution in [2.24, 2.45) is 23.4 Å². The molecule has 0 radical (unpaired) electrons. The lowest BCUT2D eigenvalue weighted by Gasteiger charge is -2.14. The molecule has 4 N–H and O–H groups in total. The van der Waals surface area contributed by atoms with Crippen molar-refractivity contribution in [3.63, 3.8) is 0 Å². The molecule has 6 nitrogen and oxygen atoms in total. The van der Waals surface area contributed by atoms with Crippen molar-refractivity contribution >= 4 is 11.5 Å². The summed E-state index contributed by atoms with van der Waals surface area (Å²) in [6, 6.07) is 0. The van der Waals surface area contributed by atoms with Crippen molar-refractivity contribution in [3.05, 3.63) is 12.4 Å². The quantitative estimate of drug-likeness (QED) is 0.297. The second kappa shape index (κ2) is 4.03. The second-order valence-corrected chi connectivity index (χ2v) is 4.52. The van der Waals surface area contributed by atoms with Crippen molar-refractivity contribution in [1.29, 1.82) is 0 Å². The normalized spacial score (nSPS) is 18.4. The number of nitrogens with two attached hydrogens (primary N) is 1. The molecule has 16 heavy (non-hydrogen) atoms. The van der Waals surface area contributed by atoms with Gasteiger partial charge in [0.2, 0.25) is 0 Å². The molecule has 1 heterocycles. The number of oxime groups is 1. The summed E-state index contributed by atoms with van der Waals surface area (Å²) in [5.41, 5.74) is 6.71.